The summed E-state index contributed by atoms with van der Waals surface area (Å²) in [5, 5.41) is 11.7. The Morgan fingerprint density at radius 3 is 2.58 bits per heavy atom. The number of carbonyl (C=O) groups is 2. The van der Waals surface area contributed by atoms with Crippen LogP contribution in [0, 0.1) is 34.5 Å². The van der Waals surface area contributed by atoms with Crippen molar-refractivity contribution < 1.29 is 28.9 Å². The van der Waals surface area contributed by atoms with Crippen LogP contribution in [0.4, 0.5) is 0 Å². The number of esters is 2. The number of methoxy groups -OCH3 is 1. The van der Waals surface area contributed by atoms with Crippen LogP contribution in [0.2, 0.25) is 0 Å². The second-order valence-electron chi connectivity index (χ2n) is 12.4. The first-order valence-corrected chi connectivity index (χ1v) is 13.2. The molecular weight excluding hydrogens is 420 g/mol. The Morgan fingerprint density at radius 1 is 1.12 bits per heavy atom. The number of hydrogen-bond acceptors (Lipinski definition) is 6. The second kappa shape index (κ2) is 7.68. The monoisotopic (exact) mass is 462 g/mol. The standard InChI is InChI=1S/C27H42O6/c1-16(6-7-23(30)31-5)20-10-13-27-25(20,4)22(29)15-21-24(3)11-9-19(32-17(2)28)14-18(24)8-12-26(21,27)33-27/h16,18-22,29H,6-15H2,1-5H3/t16-,18-,19-,20-,21-,22+,24+,25+,26-,27+/m1/s1. The Balaban J connectivity index is 1.38. The van der Waals surface area contributed by atoms with E-state index in [4.69, 9.17) is 14.2 Å². The Bertz CT molecular complexity index is 827. The summed E-state index contributed by atoms with van der Waals surface area (Å²) in [5.41, 5.74) is -0.489. The van der Waals surface area contributed by atoms with Crippen molar-refractivity contribution in [3.63, 3.8) is 0 Å². The number of aliphatic hydroxyl groups excluding tert-OH is 1. The van der Waals surface area contributed by atoms with Crippen LogP contribution in [0.5, 0.6) is 0 Å². The van der Waals surface area contributed by atoms with Gasteiger partial charge in [0.2, 0.25) is 0 Å². The van der Waals surface area contributed by atoms with E-state index in [2.05, 4.69) is 20.8 Å². The van der Waals surface area contributed by atoms with Crippen molar-refractivity contribution in [1.29, 1.82) is 0 Å². The average Bonchev–Trinajstić information content (AvgIpc) is 3.33. The van der Waals surface area contributed by atoms with Crippen molar-refractivity contribution >= 4 is 11.9 Å². The van der Waals surface area contributed by atoms with Gasteiger partial charge in [-0.2, -0.15) is 0 Å². The zero-order chi connectivity index (χ0) is 23.8. The number of carbonyl (C=O) groups excluding carboxylic acids is 2. The summed E-state index contributed by atoms with van der Waals surface area (Å²) >= 11 is 0. The van der Waals surface area contributed by atoms with Crippen LogP contribution in [0.25, 0.3) is 0 Å². The summed E-state index contributed by atoms with van der Waals surface area (Å²) < 4.78 is 17.4. The number of rotatable bonds is 5. The first-order valence-electron chi connectivity index (χ1n) is 13.2. The second-order valence-corrected chi connectivity index (χ2v) is 12.4. The molecule has 2 spiro atoms. The molecule has 6 heteroatoms. The van der Waals surface area contributed by atoms with Crippen LogP contribution in [0.3, 0.4) is 0 Å². The summed E-state index contributed by atoms with van der Waals surface area (Å²) in [6.07, 6.45) is 8.78. The highest BCUT2D eigenvalue weighted by Gasteiger charge is 2.88. The zero-order valence-corrected chi connectivity index (χ0v) is 21.0. The molecule has 1 heterocycles. The number of hydrogen-bond donors (Lipinski definition) is 1. The van der Waals surface area contributed by atoms with Gasteiger partial charge in [0.1, 0.15) is 17.3 Å². The van der Waals surface area contributed by atoms with E-state index in [1.807, 2.05) is 0 Å². The highest BCUT2D eigenvalue weighted by Crippen LogP contribution is 2.81. The SMILES string of the molecule is COC(=O)CC[C@@H](C)[C@H]1CC[C@@]23O[C@@]24CC[C@@H]2C[C@H](OC(C)=O)CC[C@]2(C)[C@H]4C[C@H](O)[C@]13C. The lowest BCUT2D eigenvalue weighted by Gasteiger charge is -2.59. The predicted molar refractivity (Wildman–Crippen MR) is 122 cm³/mol. The minimum atomic E-state index is -0.395. The summed E-state index contributed by atoms with van der Waals surface area (Å²) in [6, 6.07) is 0. The normalized spacial score (nSPS) is 50.8. The van der Waals surface area contributed by atoms with Gasteiger partial charge in [-0.3, -0.25) is 9.59 Å². The summed E-state index contributed by atoms with van der Waals surface area (Å²) in [6.45, 7) is 8.44. The molecule has 6 nitrogen and oxygen atoms in total. The lowest BCUT2D eigenvalue weighted by molar-refractivity contribution is -0.160. The predicted octanol–water partition coefficient (Wildman–Crippen LogP) is 4.41. The van der Waals surface area contributed by atoms with Crippen LogP contribution >= 0.6 is 0 Å². The molecule has 1 saturated heterocycles. The molecule has 1 aliphatic heterocycles. The maximum Gasteiger partial charge on any atom is 0.305 e. The van der Waals surface area contributed by atoms with Crippen molar-refractivity contribution in [2.45, 2.75) is 115 Å². The molecule has 0 unspecified atom stereocenters. The molecule has 0 aromatic heterocycles. The van der Waals surface area contributed by atoms with Gasteiger partial charge in [0, 0.05) is 18.8 Å². The van der Waals surface area contributed by atoms with E-state index < -0.39 is 6.10 Å². The third-order valence-electron chi connectivity index (χ3n) is 11.4. The van der Waals surface area contributed by atoms with Gasteiger partial charge in [-0.15, -0.1) is 0 Å². The first kappa shape index (κ1) is 23.6. The fraction of sp³-hybridized carbons (Fsp3) is 0.926. The maximum absolute atomic E-state index is 11.7. The van der Waals surface area contributed by atoms with Crippen LogP contribution in [-0.4, -0.2) is 47.6 Å². The van der Waals surface area contributed by atoms with Gasteiger partial charge < -0.3 is 19.3 Å². The molecule has 186 valence electrons. The lowest BCUT2D eigenvalue weighted by atomic mass is 9.43. The Morgan fingerprint density at radius 2 is 1.88 bits per heavy atom. The molecule has 0 bridgehead atoms. The van der Waals surface area contributed by atoms with E-state index in [1.54, 1.807) is 0 Å². The Labute approximate surface area is 198 Å². The minimum absolute atomic E-state index is 0.0361. The third-order valence-corrected chi connectivity index (χ3v) is 11.4. The van der Waals surface area contributed by atoms with Crippen molar-refractivity contribution in [2.75, 3.05) is 7.11 Å². The van der Waals surface area contributed by atoms with Gasteiger partial charge >= 0.3 is 11.9 Å². The van der Waals surface area contributed by atoms with E-state index in [-0.39, 0.29) is 40.1 Å². The van der Waals surface area contributed by atoms with Gasteiger partial charge in [-0.05, 0) is 86.9 Å². The molecule has 5 aliphatic rings. The summed E-state index contributed by atoms with van der Waals surface area (Å²) in [4.78, 5) is 23.3. The fourth-order valence-corrected chi connectivity index (χ4v) is 9.64. The Hall–Kier alpha value is -1.14. The molecule has 0 aromatic carbocycles. The summed E-state index contributed by atoms with van der Waals surface area (Å²) in [5.74, 6) is 1.23. The van der Waals surface area contributed by atoms with E-state index in [0.717, 1.165) is 57.8 Å². The quantitative estimate of drug-likeness (QED) is 0.481. The lowest BCUT2D eigenvalue weighted by Crippen LogP contribution is -2.63. The smallest absolute Gasteiger partial charge is 0.305 e. The van der Waals surface area contributed by atoms with Crippen molar-refractivity contribution in [2.24, 2.45) is 34.5 Å². The van der Waals surface area contributed by atoms with Gasteiger partial charge in [0.15, 0.2) is 0 Å². The van der Waals surface area contributed by atoms with Crippen molar-refractivity contribution in [3.8, 4) is 0 Å². The maximum atomic E-state index is 11.7. The number of epoxide rings is 1. The van der Waals surface area contributed by atoms with Crippen LogP contribution < -0.4 is 0 Å². The molecule has 33 heavy (non-hydrogen) atoms. The molecule has 5 fully saturated rings. The van der Waals surface area contributed by atoms with Crippen LogP contribution in [0.15, 0.2) is 0 Å². The van der Waals surface area contributed by atoms with E-state index in [0.29, 0.717) is 30.1 Å². The van der Waals surface area contributed by atoms with Gasteiger partial charge in [-0.1, -0.05) is 20.8 Å². The number of fused-ring (bicyclic) bond motifs is 2. The Kier molecular flexibility index (Phi) is 5.49. The van der Waals surface area contributed by atoms with Crippen molar-refractivity contribution in [3.05, 3.63) is 0 Å². The van der Waals surface area contributed by atoms with E-state index in [1.165, 1.54) is 14.0 Å². The molecule has 10 atom stereocenters. The first-order chi connectivity index (χ1) is 15.5. The topological polar surface area (TPSA) is 85.4 Å². The molecule has 4 saturated carbocycles. The molecule has 0 amide bonds. The van der Waals surface area contributed by atoms with E-state index in [9.17, 15) is 14.7 Å². The van der Waals surface area contributed by atoms with Crippen LogP contribution in [-0.2, 0) is 23.8 Å². The molecular formula is C27H42O6. The van der Waals surface area contributed by atoms with Crippen molar-refractivity contribution in [1.82, 2.24) is 0 Å². The largest absolute Gasteiger partial charge is 0.469 e. The highest BCUT2D eigenvalue weighted by molar-refractivity contribution is 5.69. The molecule has 4 aliphatic carbocycles. The number of ether oxygens (including phenoxy) is 3. The summed E-state index contributed by atoms with van der Waals surface area (Å²) in [7, 11) is 1.45. The zero-order valence-electron chi connectivity index (χ0n) is 21.0. The van der Waals surface area contributed by atoms with Gasteiger partial charge in [0.25, 0.3) is 0 Å². The minimum Gasteiger partial charge on any atom is -0.469 e. The third kappa shape index (κ3) is 3.05. The van der Waals surface area contributed by atoms with Gasteiger partial charge in [0.05, 0.1) is 13.2 Å². The fourth-order valence-electron chi connectivity index (χ4n) is 9.64. The molecule has 1 N–H and O–H groups in total. The molecule has 0 radical (unpaired) electrons. The molecule has 5 rings (SSSR count). The van der Waals surface area contributed by atoms with E-state index >= 15 is 0 Å². The number of aliphatic hydroxyl groups is 1. The van der Waals surface area contributed by atoms with Crippen LogP contribution in [0.1, 0.15) is 91.9 Å². The molecule has 0 aromatic rings. The van der Waals surface area contributed by atoms with Gasteiger partial charge in [-0.25, -0.2) is 0 Å². The average molecular weight is 463 g/mol. The highest BCUT2D eigenvalue weighted by atomic mass is 16.6.